The minimum atomic E-state index is -0.974. The van der Waals surface area contributed by atoms with Crippen LogP contribution in [-0.2, 0) is 0 Å². The minimum absolute atomic E-state index is 0.104. The molecule has 0 saturated heterocycles. The van der Waals surface area contributed by atoms with Crippen molar-refractivity contribution in [2.45, 2.75) is 18.9 Å². The molecule has 0 bridgehead atoms. The van der Waals surface area contributed by atoms with E-state index < -0.39 is 5.97 Å². The van der Waals surface area contributed by atoms with Crippen LogP contribution in [0.25, 0.3) is 11.1 Å². The number of carbonyl (C=O) groups is 2. The van der Waals surface area contributed by atoms with E-state index in [1.54, 1.807) is 42.5 Å². The average Bonchev–Trinajstić information content (AvgIpc) is 3.31. The van der Waals surface area contributed by atoms with Crippen LogP contribution in [0.2, 0.25) is 0 Å². The Bertz CT molecular complexity index is 705. The lowest BCUT2D eigenvalue weighted by atomic mass is 9.98. The Morgan fingerprint density at radius 3 is 2.52 bits per heavy atom. The van der Waals surface area contributed by atoms with Crippen LogP contribution < -0.4 is 5.32 Å². The molecular weight excluding hydrogens is 266 g/mol. The molecule has 2 aromatic rings. The first-order valence-electron chi connectivity index (χ1n) is 6.89. The first-order chi connectivity index (χ1) is 10.1. The Hall–Kier alpha value is -2.62. The van der Waals surface area contributed by atoms with Gasteiger partial charge >= 0.3 is 5.97 Å². The van der Waals surface area contributed by atoms with E-state index in [-0.39, 0.29) is 11.5 Å². The van der Waals surface area contributed by atoms with Crippen LogP contribution in [-0.4, -0.2) is 23.0 Å². The number of carboxylic acid groups (broad SMARTS) is 1. The van der Waals surface area contributed by atoms with Gasteiger partial charge in [-0.05, 0) is 42.2 Å². The predicted molar refractivity (Wildman–Crippen MR) is 79.3 cm³/mol. The second kappa shape index (κ2) is 5.40. The number of amides is 1. The maximum Gasteiger partial charge on any atom is 0.336 e. The molecule has 0 atom stereocenters. The molecule has 21 heavy (non-hydrogen) atoms. The lowest BCUT2D eigenvalue weighted by Gasteiger charge is -2.08. The second-order valence-electron chi connectivity index (χ2n) is 5.18. The van der Waals surface area contributed by atoms with Crippen LogP contribution >= 0.6 is 0 Å². The third kappa shape index (κ3) is 2.94. The Kier molecular flexibility index (Phi) is 3.44. The summed E-state index contributed by atoms with van der Waals surface area (Å²) in [5.74, 6) is -1.08. The van der Waals surface area contributed by atoms with Crippen molar-refractivity contribution in [3.05, 3.63) is 59.7 Å². The van der Waals surface area contributed by atoms with Gasteiger partial charge in [0.2, 0.25) is 0 Å². The molecule has 0 spiro atoms. The molecule has 1 amide bonds. The topological polar surface area (TPSA) is 66.4 Å². The van der Waals surface area contributed by atoms with E-state index in [0.29, 0.717) is 17.2 Å². The number of aromatic carboxylic acids is 1. The maximum absolute atomic E-state index is 12.1. The molecule has 2 aromatic carbocycles. The summed E-state index contributed by atoms with van der Waals surface area (Å²) in [6.45, 7) is 0. The SMILES string of the molecule is O=C(NC1CC1)c1cccc(-c2ccccc2C(=O)O)c1. The van der Waals surface area contributed by atoms with E-state index in [1.807, 2.05) is 6.07 Å². The number of hydrogen-bond donors (Lipinski definition) is 2. The van der Waals surface area contributed by atoms with E-state index in [2.05, 4.69) is 5.32 Å². The summed E-state index contributed by atoms with van der Waals surface area (Å²) in [5.41, 5.74) is 2.14. The van der Waals surface area contributed by atoms with Crippen molar-refractivity contribution in [2.75, 3.05) is 0 Å². The van der Waals surface area contributed by atoms with Crippen LogP contribution in [0.4, 0.5) is 0 Å². The van der Waals surface area contributed by atoms with Crippen molar-refractivity contribution in [1.82, 2.24) is 5.32 Å². The number of carbonyl (C=O) groups excluding carboxylic acids is 1. The Labute approximate surface area is 122 Å². The van der Waals surface area contributed by atoms with Crippen molar-refractivity contribution in [3.8, 4) is 11.1 Å². The number of benzene rings is 2. The van der Waals surface area contributed by atoms with Crippen molar-refractivity contribution >= 4 is 11.9 Å². The molecular formula is C17H15NO3. The molecule has 1 aliphatic carbocycles. The monoisotopic (exact) mass is 281 g/mol. The van der Waals surface area contributed by atoms with Gasteiger partial charge in [-0.3, -0.25) is 4.79 Å². The Morgan fingerprint density at radius 1 is 1.05 bits per heavy atom. The average molecular weight is 281 g/mol. The highest BCUT2D eigenvalue weighted by Crippen LogP contribution is 2.25. The van der Waals surface area contributed by atoms with Gasteiger partial charge in [-0.25, -0.2) is 4.79 Å². The lowest BCUT2D eigenvalue weighted by molar-refractivity contribution is 0.0697. The Morgan fingerprint density at radius 2 is 1.81 bits per heavy atom. The van der Waals surface area contributed by atoms with Gasteiger partial charge < -0.3 is 10.4 Å². The van der Waals surface area contributed by atoms with Gasteiger partial charge in [-0.1, -0.05) is 30.3 Å². The molecule has 0 unspecified atom stereocenters. The van der Waals surface area contributed by atoms with Crippen LogP contribution in [0.3, 0.4) is 0 Å². The van der Waals surface area contributed by atoms with E-state index in [9.17, 15) is 14.7 Å². The fourth-order valence-electron chi connectivity index (χ4n) is 2.25. The predicted octanol–water partition coefficient (Wildman–Crippen LogP) is 2.94. The summed E-state index contributed by atoms with van der Waals surface area (Å²) in [6.07, 6.45) is 2.07. The van der Waals surface area contributed by atoms with E-state index in [0.717, 1.165) is 18.4 Å². The summed E-state index contributed by atoms with van der Waals surface area (Å²) in [5, 5.41) is 12.2. The first-order valence-corrected chi connectivity index (χ1v) is 6.89. The number of nitrogens with one attached hydrogen (secondary N) is 1. The van der Waals surface area contributed by atoms with Gasteiger partial charge in [-0.15, -0.1) is 0 Å². The Balaban J connectivity index is 1.96. The van der Waals surface area contributed by atoms with Gasteiger partial charge in [0.25, 0.3) is 5.91 Å². The molecule has 4 heteroatoms. The van der Waals surface area contributed by atoms with Crippen molar-refractivity contribution in [3.63, 3.8) is 0 Å². The molecule has 2 N–H and O–H groups in total. The zero-order chi connectivity index (χ0) is 14.8. The third-order valence-electron chi connectivity index (χ3n) is 3.51. The first kappa shape index (κ1) is 13.4. The van der Waals surface area contributed by atoms with Crippen molar-refractivity contribution in [2.24, 2.45) is 0 Å². The highest BCUT2D eigenvalue weighted by Gasteiger charge is 2.24. The molecule has 0 aromatic heterocycles. The van der Waals surface area contributed by atoms with Gasteiger partial charge in [0, 0.05) is 11.6 Å². The van der Waals surface area contributed by atoms with Crippen LogP contribution in [0, 0.1) is 0 Å². The van der Waals surface area contributed by atoms with E-state index >= 15 is 0 Å². The molecule has 4 nitrogen and oxygen atoms in total. The summed E-state index contributed by atoms with van der Waals surface area (Å²) in [4.78, 5) is 23.4. The van der Waals surface area contributed by atoms with E-state index in [1.165, 1.54) is 0 Å². The minimum Gasteiger partial charge on any atom is -0.478 e. The number of hydrogen-bond acceptors (Lipinski definition) is 2. The zero-order valence-electron chi connectivity index (χ0n) is 11.4. The highest BCUT2D eigenvalue weighted by molar-refractivity contribution is 5.99. The largest absolute Gasteiger partial charge is 0.478 e. The van der Waals surface area contributed by atoms with Gasteiger partial charge in [-0.2, -0.15) is 0 Å². The molecule has 106 valence electrons. The summed E-state index contributed by atoms with van der Waals surface area (Å²) >= 11 is 0. The number of carboxylic acids is 1. The van der Waals surface area contributed by atoms with Crippen LogP contribution in [0.15, 0.2) is 48.5 Å². The van der Waals surface area contributed by atoms with Gasteiger partial charge in [0.1, 0.15) is 0 Å². The van der Waals surface area contributed by atoms with Gasteiger partial charge in [0.05, 0.1) is 5.56 Å². The van der Waals surface area contributed by atoms with Crippen molar-refractivity contribution < 1.29 is 14.7 Å². The second-order valence-corrected chi connectivity index (χ2v) is 5.18. The highest BCUT2D eigenvalue weighted by atomic mass is 16.4. The van der Waals surface area contributed by atoms with Gasteiger partial charge in [0.15, 0.2) is 0 Å². The molecule has 0 aliphatic heterocycles. The molecule has 0 heterocycles. The smallest absolute Gasteiger partial charge is 0.336 e. The number of rotatable bonds is 4. The van der Waals surface area contributed by atoms with Crippen molar-refractivity contribution in [1.29, 1.82) is 0 Å². The van der Waals surface area contributed by atoms with Crippen LogP contribution in [0.5, 0.6) is 0 Å². The third-order valence-corrected chi connectivity index (χ3v) is 3.51. The fourth-order valence-corrected chi connectivity index (χ4v) is 2.25. The maximum atomic E-state index is 12.1. The summed E-state index contributed by atoms with van der Waals surface area (Å²) < 4.78 is 0. The molecule has 1 saturated carbocycles. The fraction of sp³-hybridized carbons (Fsp3) is 0.176. The lowest BCUT2D eigenvalue weighted by Crippen LogP contribution is -2.25. The summed E-state index contributed by atoms with van der Waals surface area (Å²) in [7, 11) is 0. The molecule has 3 rings (SSSR count). The molecule has 1 fully saturated rings. The zero-order valence-corrected chi connectivity index (χ0v) is 11.4. The molecule has 0 radical (unpaired) electrons. The standard InChI is InChI=1S/C17H15NO3/c19-16(18-13-8-9-13)12-5-3-4-11(10-12)14-6-1-2-7-15(14)17(20)21/h1-7,10,13H,8-9H2,(H,18,19)(H,20,21). The quantitative estimate of drug-likeness (QED) is 0.905. The summed E-state index contributed by atoms with van der Waals surface area (Å²) in [6, 6.07) is 14.2. The molecule has 1 aliphatic rings. The normalized spacial score (nSPS) is 13.7. The van der Waals surface area contributed by atoms with Crippen LogP contribution in [0.1, 0.15) is 33.6 Å². The van der Waals surface area contributed by atoms with E-state index in [4.69, 9.17) is 0 Å².